The Bertz CT molecular complexity index is 787. The number of hydrogen-bond acceptors (Lipinski definition) is 8. The fourth-order valence-electron chi connectivity index (χ4n) is 2.27. The molecule has 0 spiro atoms. The lowest BCUT2D eigenvalue weighted by atomic mass is 10.3. The van der Waals surface area contributed by atoms with E-state index in [-0.39, 0.29) is 12.4 Å². The molecule has 1 amide bonds. The van der Waals surface area contributed by atoms with Crippen LogP contribution >= 0.6 is 11.8 Å². The van der Waals surface area contributed by atoms with Crippen molar-refractivity contribution < 1.29 is 27.6 Å². The molecule has 148 valence electrons. The van der Waals surface area contributed by atoms with Crippen LogP contribution in [-0.4, -0.2) is 34.2 Å². The number of nitrogens with zero attached hydrogens (tertiary/aromatic N) is 3. The first kappa shape index (κ1) is 20.8. The van der Waals surface area contributed by atoms with E-state index < -0.39 is 44.7 Å². The lowest BCUT2D eigenvalue weighted by Gasteiger charge is -2.28. The van der Waals surface area contributed by atoms with Crippen LogP contribution in [0.15, 0.2) is 22.7 Å². The summed E-state index contributed by atoms with van der Waals surface area (Å²) in [6.07, 6.45) is -3.63. The Morgan fingerprint density at radius 3 is 2.63 bits per heavy atom. The predicted molar refractivity (Wildman–Crippen MR) is 92.3 cm³/mol. The maximum absolute atomic E-state index is 13.6. The maximum atomic E-state index is 13.6. The molecule has 0 bridgehead atoms. The van der Waals surface area contributed by atoms with Gasteiger partial charge in [-0.2, -0.15) is 13.2 Å². The number of unbranched alkanes of at least 4 members (excludes halogenated alkanes) is 1. The Hall–Kier alpha value is -2.54. The van der Waals surface area contributed by atoms with Crippen molar-refractivity contribution in [2.45, 2.75) is 31.5 Å². The SMILES string of the molecule is CCCCOC1SC(C(N)=O)=C(C(F)(F)F)N1c1ccc([N+](=O)[O-])c(N)n1. The van der Waals surface area contributed by atoms with Crippen molar-refractivity contribution >= 4 is 35.0 Å². The summed E-state index contributed by atoms with van der Waals surface area (Å²) in [4.78, 5) is 25.2. The predicted octanol–water partition coefficient (Wildman–Crippen LogP) is 2.48. The van der Waals surface area contributed by atoms with E-state index in [0.717, 1.165) is 18.6 Å². The Kier molecular flexibility index (Phi) is 6.15. The van der Waals surface area contributed by atoms with Crippen molar-refractivity contribution in [1.29, 1.82) is 0 Å². The van der Waals surface area contributed by atoms with Gasteiger partial charge in [0.2, 0.25) is 5.82 Å². The molecule has 0 saturated carbocycles. The van der Waals surface area contributed by atoms with Crippen LogP contribution in [0, 0.1) is 10.1 Å². The van der Waals surface area contributed by atoms with E-state index in [1.54, 1.807) is 0 Å². The van der Waals surface area contributed by atoms with Gasteiger partial charge in [-0.05, 0) is 12.5 Å². The van der Waals surface area contributed by atoms with E-state index in [4.69, 9.17) is 16.2 Å². The zero-order valence-corrected chi connectivity index (χ0v) is 14.8. The van der Waals surface area contributed by atoms with Crippen LogP contribution in [0.25, 0.3) is 0 Å². The molecule has 1 unspecified atom stereocenters. The van der Waals surface area contributed by atoms with Gasteiger partial charge < -0.3 is 16.2 Å². The molecule has 0 radical (unpaired) electrons. The molecule has 1 aromatic heterocycles. The smallest absolute Gasteiger partial charge is 0.378 e. The summed E-state index contributed by atoms with van der Waals surface area (Å²) in [5, 5.41) is 10.9. The molecular formula is C14H16F3N5O4S. The van der Waals surface area contributed by atoms with E-state index in [2.05, 4.69) is 4.98 Å². The molecule has 0 aromatic carbocycles. The van der Waals surface area contributed by atoms with Crippen molar-refractivity contribution in [2.24, 2.45) is 5.73 Å². The van der Waals surface area contributed by atoms with Gasteiger partial charge in [0.25, 0.3) is 5.91 Å². The summed E-state index contributed by atoms with van der Waals surface area (Å²) in [6.45, 7) is 2.00. The molecule has 0 saturated heterocycles. The summed E-state index contributed by atoms with van der Waals surface area (Å²) in [5.74, 6) is -2.19. The normalized spacial score (nSPS) is 17.5. The second-order valence-electron chi connectivity index (χ2n) is 5.39. The highest BCUT2D eigenvalue weighted by atomic mass is 32.2. The van der Waals surface area contributed by atoms with Crippen LogP contribution in [0.1, 0.15) is 19.8 Å². The topological polar surface area (TPSA) is 138 Å². The fourth-order valence-corrected chi connectivity index (χ4v) is 3.40. The summed E-state index contributed by atoms with van der Waals surface area (Å²) >= 11 is 0.498. The maximum Gasteiger partial charge on any atom is 0.432 e. The van der Waals surface area contributed by atoms with Gasteiger partial charge in [-0.15, -0.1) is 0 Å². The second-order valence-corrected chi connectivity index (χ2v) is 6.44. The fraction of sp³-hybridized carbons (Fsp3) is 0.429. The lowest BCUT2D eigenvalue weighted by molar-refractivity contribution is -0.384. The highest BCUT2D eigenvalue weighted by Gasteiger charge is 2.50. The van der Waals surface area contributed by atoms with Crippen LogP contribution in [0.3, 0.4) is 0 Å². The quantitative estimate of drug-likeness (QED) is 0.399. The third kappa shape index (κ3) is 4.42. The first-order valence-corrected chi connectivity index (χ1v) is 8.55. The van der Waals surface area contributed by atoms with E-state index in [1.165, 1.54) is 0 Å². The number of hydrogen-bond donors (Lipinski definition) is 2. The van der Waals surface area contributed by atoms with E-state index in [0.29, 0.717) is 23.1 Å². The van der Waals surface area contributed by atoms with Crippen molar-refractivity contribution in [3.05, 3.63) is 32.8 Å². The van der Waals surface area contributed by atoms with Crippen LogP contribution in [-0.2, 0) is 9.53 Å². The molecule has 2 rings (SSSR count). The number of anilines is 2. The molecule has 13 heteroatoms. The second kappa shape index (κ2) is 8.00. The highest BCUT2D eigenvalue weighted by Crippen LogP contribution is 2.47. The summed E-state index contributed by atoms with van der Waals surface area (Å²) < 4.78 is 46.4. The van der Waals surface area contributed by atoms with E-state index in [1.807, 2.05) is 6.92 Å². The monoisotopic (exact) mass is 407 g/mol. The number of nitrogen functional groups attached to an aromatic ring is 1. The van der Waals surface area contributed by atoms with Crippen molar-refractivity contribution in [3.8, 4) is 0 Å². The molecule has 2 heterocycles. The number of amides is 1. The van der Waals surface area contributed by atoms with Crippen LogP contribution in [0.4, 0.5) is 30.5 Å². The number of alkyl halides is 3. The number of nitrogens with two attached hydrogens (primary N) is 2. The van der Waals surface area contributed by atoms with Gasteiger partial charge >= 0.3 is 11.9 Å². The number of carbonyl (C=O) groups excluding carboxylic acids is 1. The standard InChI is InChI=1S/C14H16F3N5O4S/c1-2-3-6-26-13-21(8-5-4-7(22(24)25)11(18)20-8)10(14(15,16)17)9(27-13)12(19)23/h4-5,13H,2-3,6H2,1H3,(H2,18,20)(H2,19,23). The minimum atomic E-state index is -4.95. The molecule has 0 fully saturated rings. The molecule has 1 aromatic rings. The van der Waals surface area contributed by atoms with Crippen LogP contribution in [0.5, 0.6) is 0 Å². The zero-order valence-electron chi connectivity index (χ0n) is 14.0. The van der Waals surface area contributed by atoms with Gasteiger partial charge in [0.15, 0.2) is 5.56 Å². The molecule has 1 aliphatic heterocycles. The van der Waals surface area contributed by atoms with Gasteiger partial charge in [-0.25, -0.2) is 4.98 Å². The highest BCUT2D eigenvalue weighted by molar-refractivity contribution is 8.04. The Labute approximate surface area is 155 Å². The third-order valence-electron chi connectivity index (χ3n) is 3.47. The molecule has 0 aliphatic carbocycles. The number of rotatable bonds is 7. The van der Waals surface area contributed by atoms with Gasteiger partial charge in [-0.3, -0.25) is 19.8 Å². The molecule has 1 aliphatic rings. The Balaban J connectivity index is 2.54. The molecule has 4 N–H and O–H groups in total. The van der Waals surface area contributed by atoms with Crippen molar-refractivity contribution in [1.82, 2.24) is 4.98 Å². The van der Waals surface area contributed by atoms with E-state index >= 15 is 0 Å². The molecular weight excluding hydrogens is 391 g/mol. The molecule has 27 heavy (non-hydrogen) atoms. The van der Waals surface area contributed by atoms with Crippen molar-refractivity contribution in [3.63, 3.8) is 0 Å². The summed E-state index contributed by atoms with van der Waals surface area (Å²) in [5.41, 5.74) is 7.42. The number of primary amides is 1. The van der Waals surface area contributed by atoms with Gasteiger partial charge in [-0.1, -0.05) is 25.1 Å². The summed E-state index contributed by atoms with van der Waals surface area (Å²) in [7, 11) is 0. The van der Waals surface area contributed by atoms with Crippen molar-refractivity contribution in [2.75, 3.05) is 17.2 Å². The van der Waals surface area contributed by atoms with Crippen LogP contribution in [0.2, 0.25) is 0 Å². The number of carbonyl (C=O) groups is 1. The Morgan fingerprint density at radius 2 is 2.15 bits per heavy atom. The number of allylic oxidation sites excluding steroid dienone is 1. The van der Waals surface area contributed by atoms with Gasteiger partial charge in [0, 0.05) is 6.07 Å². The Morgan fingerprint density at radius 1 is 1.48 bits per heavy atom. The average Bonchev–Trinajstić information content (AvgIpc) is 2.94. The number of halogens is 3. The largest absolute Gasteiger partial charge is 0.432 e. The lowest BCUT2D eigenvalue weighted by Crippen LogP contribution is -2.37. The molecule has 1 atom stereocenters. The third-order valence-corrected chi connectivity index (χ3v) is 4.65. The number of thioether (sulfide) groups is 1. The number of aromatic nitrogens is 1. The van der Waals surface area contributed by atoms with E-state index in [9.17, 15) is 28.1 Å². The molecule has 9 nitrogen and oxygen atoms in total. The zero-order chi connectivity index (χ0) is 20.4. The average molecular weight is 407 g/mol. The summed E-state index contributed by atoms with van der Waals surface area (Å²) in [6, 6.07) is 1.93. The first-order valence-electron chi connectivity index (χ1n) is 7.67. The minimum absolute atomic E-state index is 0.129. The van der Waals surface area contributed by atoms with Crippen LogP contribution < -0.4 is 16.4 Å². The van der Waals surface area contributed by atoms with Gasteiger partial charge in [0.1, 0.15) is 16.4 Å². The number of nitro groups is 1. The number of ether oxygens (including phenoxy) is 1. The van der Waals surface area contributed by atoms with Gasteiger partial charge in [0.05, 0.1) is 11.5 Å². The number of pyridine rings is 1. The minimum Gasteiger partial charge on any atom is -0.378 e. The first-order chi connectivity index (χ1) is 12.6.